The molecule has 0 radical (unpaired) electrons. The van der Waals surface area contributed by atoms with Gasteiger partial charge < -0.3 is 4.90 Å². The van der Waals surface area contributed by atoms with Crippen molar-refractivity contribution in [3.05, 3.63) is 83.1 Å². The molecule has 0 N–H and O–H groups in total. The molecule has 2 aliphatic carbocycles. The van der Waals surface area contributed by atoms with Crippen molar-refractivity contribution in [2.24, 2.45) is 17.3 Å². The fourth-order valence-corrected chi connectivity index (χ4v) is 4.60. The van der Waals surface area contributed by atoms with Gasteiger partial charge in [-0.15, -0.1) is 0 Å². The van der Waals surface area contributed by atoms with Crippen LogP contribution in [0, 0.1) is 17.3 Å². The predicted octanol–water partition coefficient (Wildman–Crippen LogP) is 4.85. The zero-order valence-corrected chi connectivity index (χ0v) is 16.1. The van der Waals surface area contributed by atoms with Gasteiger partial charge in [-0.3, -0.25) is 9.59 Å². The number of Topliss-reactive ketones (excluding diaryl/α,β-unsaturated/α-hetero) is 1. The Labute approximate surface area is 160 Å². The van der Waals surface area contributed by atoms with Crippen LogP contribution in [0.1, 0.15) is 43.1 Å². The second kappa shape index (κ2) is 6.49. The Morgan fingerprint density at radius 1 is 1.04 bits per heavy atom. The van der Waals surface area contributed by atoms with Crippen LogP contribution < -0.4 is 0 Å². The molecule has 0 spiro atoms. The van der Waals surface area contributed by atoms with Crippen molar-refractivity contribution in [3.63, 3.8) is 0 Å². The molecular weight excluding hydrogens is 334 g/mol. The lowest BCUT2D eigenvalue weighted by Gasteiger charge is -2.26. The summed E-state index contributed by atoms with van der Waals surface area (Å²) < 4.78 is 0. The SMILES string of the molecule is CC(=C1C(=O)C[C@@H]2[C@@H]1C2(C)C)N(Cc1ccccc1)C(=O)c1ccccc1. The van der Waals surface area contributed by atoms with Gasteiger partial charge in [0.25, 0.3) is 5.91 Å². The topological polar surface area (TPSA) is 37.4 Å². The summed E-state index contributed by atoms with van der Waals surface area (Å²) in [4.78, 5) is 27.8. The molecule has 2 fully saturated rings. The third kappa shape index (κ3) is 3.01. The van der Waals surface area contributed by atoms with Crippen LogP contribution in [0.3, 0.4) is 0 Å². The van der Waals surface area contributed by atoms with E-state index in [1.807, 2.05) is 67.6 Å². The first-order chi connectivity index (χ1) is 12.9. The number of allylic oxidation sites excluding steroid dienone is 2. The molecule has 0 heterocycles. The van der Waals surface area contributed by atoms with Gasteiger partial charge in [-0.25, -0.2) is 0 Å². The fraction of sp³-hybridized carbons (Fsp3) is 0.333. The van der Waals surface area contributed by atoms with Crippen LogP contribution in [0.4, 0.5) is 0 Å². The molecule has 3 heteroatoms. The van der Waals surface area contributed by atoms with Crippen molar-refractivity contribution in [2.45, 2.75) is 33.7 Å². The van der Waals surface area contributed by atoms with Gasteiger partial charge in [-0.1, -0.05) is 62.4 Å². The standard InChI is InChI=1S/C24H25NO2/c1-16(21-20(26)14-19-22(21)24(19,2)3)25(15-17-10-6-4-7-11-17)23(27)18-12-8-5-9-13-18/h4-13,19,22H,14-15H2,1-3H3/t19-,22+/m1/s1. The number of nitrogens with zero attached hydrogens (tertiary/aromatic N) is 1. The largest absolute Gasteiger partial charge is 0.308 e. The summed E-state index contributed by atoms with van der Waals surface area (Å²) in [6, 6.07) is 19.3. The van der Waals surface area contributed by atoms with Gasteiger partial charge in [0, 0.05) is 23.3 Å². The summed E-state index contributed by atoms with van der Waals surface area (Å²) in [5.41, 5.74) is 3.55. The number of carbonyl (C=O) groups is 2. The van der Waals surface area contributed by atoms with E-state index >= 15 is 0 Å². The Morgan fingerprint density at radius 3 is 2.22 bits per heavy atom. The van der Waals surface area contributed by atoms with Gasteiger partial charge in [0.05, 0.1) is 6.54 Å². The normalized spacial score (nSPS) is 24.3. The zero-order chi connectivity index (χ0) is 19.2. The molecule has 138 valence electrons. The molecule has 2 saturated carbocycles. The van der Waals surface area contributed by atoms with Crippen LogP contribution in [0.5, 0.6) is 0 Å². The van der Waals surface area contributed by atoms with E-state index in [-0.39, 0.29) is 23.0 Å². The van der Waals surface area contributed by atoms with Crippen LogP contribution in [0.2, 0.25) is 0 Å². The Balaban J connectivity index is 1.75. The zero-order valence-electron chi connectivity index (χ0n) is 16.1. The number of fused-ring (bicyclic) bond motifs is 1. The first-order valence-corrected chi connectivity index (χ1v) is 9.56. The number of hydrogen-bond donors (Lipinski definition) is 0. The molecule has 2 atom stereocenters. The molecule has 0 unspecified atom stereocenters. The third-order valence-corrected chi connectivity index (χ3v) is 6.31. The monoisotopic (exact) mass is 359 g/mol. The highest BCUT2D eigenvalue weighted by atomic mass is 16.2. The van der Waals surface area contributed by atoms with Gasteiger partial charge in [-0.2, -0.15) is 0 Å². The maximum atomic E-state index is 13.3. The summed E-state index contributed by atoms with van der Waals surface area (Å²) in [5, 5.41) is 0. The smallest absolute Gasteiger partial charge is 0.258 e. The van der Waals surface area contributed by atoms with E-state index in [0.29, 0.717) is 24.4 Å². The van der Waals surface area contributed by atoms with E-state index in [4.69, 9.17) is 0 Å². The lowest BCUT2D eigenvalue weighted by atomic mass is 9.94. The highest BCUT2D eigenvalue weighted by Crippen LogP contribution is 2.68. The molecule has 3 nitrogen and oxygen atoms in total. The first kappa shape index (κ1) is 17.7. The Kier molecular flexibility index (Phi) is 4.26. The minimum Gasteiger partial charge on any atom is -0.308 e. The summed E-state index contributed by atoms with van der Waals surface area (Å²) in [7, 11) is 0. The molecule has 0 bridgehead atoms. The maximum Gasteiger partial charge on any atom is 0.258 e. The summed E-state index contributed by atoms with van der Waals surface area (Å²) in [5.74, 6) is 0.868. The quantitative estimate of drug-likeness (QED) is 0.732. The Hall–Kier alpha value is -2.68. The lowest BCUT2D eigenvalue weighted by Crippen LogP contribution is -2.31. The van der Waals surface area contributed by atoms with Gasteiger partial charge >= 0.3 is 0 Å². The highest BCUT2D eigenvalue weighted by molar-refractivity contribution is 6.03. The number of hydrogen-bond acceptors (Lipinski definition) is 2. The second-order valence-corrected chi connectivity index (χ2v) is 8.27. The lowest BCUT2D eigenvalue weighted by molar-refractivity contribution is -0.115. The number of amides is 1. The molecule has 0 aliphatic heterocycles. The minimum absolute atomic E-state index is 0.0563. The van der Waals surface area contributed by atoms with Crippen molar-refractivity contribution < 1.29 is 9.59 Å². The van der Waals surface area contributed by atoms with Gasteiger partial charge in [0.2, 0.25) is 0 Å². The van der Waals surface area contributed by atoms with Crippen LogP contribution >= 0.6 is 0 Å². The van der Waals surface area contributed by atoms with E-state index < -0.39 is 0 Å². The summed E-state index contributed by atoms with van der Waals surface area (Å²) in [6.45, 7) is 6.86. The Morgan fingerprint density at radius 2 is 1.63 bits per heavy atom. The van der Waals surface area contributed by atoms with Crippen molar-refractivity contribution in [3.8, 4) is 0 Å². The number of ketones is 1. The highest BCUT2D eigenvalue weighted by Gasteiger charge is 2.65. The minimum atomic E-state index is -0.0563. The molecule has 2 aromatic carbocycles. The van der Waals surface area contributed by atoms with Gasteiger partial charge in [-0.05, 0) is 41.9 Å². The molecule has 0 saturated heterocycles. The first-order valence-electron chi connectivity index (χ1n) is 9.56. The molecule has 27 heavy (non-hydrogen) atoms. The van der Waals surface area contributed by atoms with E-state index in [1.54, 1.807) is 4.90 Å². The van der Waals surface area contributed by atoms with Crippen molar-refractivity contribution in [1.82, 2.24) is 4.90 Å². The number of rotatable bonds is 4. The summed E-state index contributed by atoms with van der Waals surface area (Å²) >= 11 is 0. The predicted molar refractivity (Wildman–Crippen MR) is 106 cm³/mol. The van der Waals surface area contributed by atoms with Crippen LogP contribution in [-0.2, 0) is 11.3 Å². The molecule has 2 aliphatic rings. The van der Waals surface area contributed by atoms with Gasteiger partial charge in [0.15, 0.2) is 5.78 Å². The molecule has 2 aromatic rings. The molecule has 4 rings (SSSR count). The van der Waals surface area contributed by atoms with Crippen molar-refractivity contribution in [2.75, 3.05) is 0 Å². The number of carbonyl (C=O) groups excluding carboxylic acids is 2. The maximum absolute atomic E-state index is 13.3. The molecule has 1 amide bonds. The van der Waals surface area contributed by atoms with Crippen LogP contribution in [0.15, 0.2) is 71.9 Å². The molecular formula is C24H25NO2. The Bertz CT molecular complexity index is 912. The molecule has 0 aromatic heterocycles. The van der Waals surface area contributed by atoms with Gasteiger partial charge in [0.1, 0.15) is 0 Å². The van der Waals surface area contributed by atoms with Crippen molar-refractivity contribution >= 4 is 11.7 Å². The average molecular weight is 359 g/mol. The fourth-order valence-electron chi connectivity index (χ4n) is 4.60. The van der Waals surface area contributed by atoms with E-state index in [9.17, 15) is 9.59 Å². The van der Waals surface area contributed by atoms with Crippen LogP contribution in [0.25, 0.3) is 0 Å². The average Bonchev–Trinajstić information content (AvgIpc) is 3.02. The van der Waals surface area contributed by atoms with Crippen LogP contribution in [-0.4, -0.2) is 16.6 Å². The second-order valence-electron chi connectivity index (χ2n) is 8.27. The van der Waals surface area contributed by atoms with E-state index in [0.717, 1.165) is 16.8 Å². The van der Waals surface area contributed by atoms with E-state index in [1.165, 1.54) is 0 Å². The summed E-state index contributed by atoms with van der Waals surface area (Å²) in [6.07, 6.45) is 0.614. The van der Waals surface area contributed by atoms with E-state index in [2.05, 4.69) is 13.8 Å². The van der Waals surface area contributed by atoms with Crippen molar-refractivity contribution in [1.29, 1.82) is 0 Å². The number of benzene rings is 2. The third-order valence-electron chi connectivity index (χ3n) is 6.31.